The highest BCUT2D eigenvalue weighted by molar-refractivity contribution is 8.20. The number of nitrogens with two attached hydrogens (primary N) is 1. The van der Waals surface area contributed by atoms with E-state index >= 15 is 0 Å². The molecule has 0 rings (SSSR count). The van der Waals surface area contributed by atoms with E-state index in [1.807, 2.05) is 0 Å². The largest absolute Gasteiger partial charge is 0.390 e. The van der Waals surface area contributed by atoms with Crippen LogP contribution in [-0.4, -0.2) is 19.3 Å². The summed E-state index contributed by atoms with van der Waals surface area (Å²) in [6.07, 6.45) is 0.750. The fourth-order valence-corrected chi connectivity index (χ4v) is 0. The summed E-state index contributed by atoms with van der Waals surface area (Å²) in [4.78, 5) is 9.70. The van der Waals surface area contributed by atoms with E-state index in [1.54, 1.807) is 7.05 Å². The lowest BCUT2D eigenvalue weighted by atomic mass is 10.7. The molecule has 1 amide bonds. The van der Waals surface area contributed by atoms with Crippen molar-refractivity contribution in [2.75, 3.05) is 7.05 Å². The van der Waals surface area contributed by atoms with Gasteiger partial charge in [-0.3, -0.25) is 10.2 Å². The summed E-state index contributed by atoms with van der Waals surface area (Å²) in [6.45, 7) is 1.47. The third-order valence-corrected chi connectivity index (χ3v) is 0.352. The standard InChI is InChI=1S/C3H7NO.CH4N2.Cl3P/c1-3(5)4-2;2-1-3;1-4(2)3/h1-2H3,(H,4,5);1H,(H3,2,3);. The van der Waals surface area contributed by atoms with Gasteiger partial charge in [-0.2, -0.15) is 0 Å². The van der Waals surface area contributed by atoms with Crippen LogP contribution < -0.4 is 11.1 Å². The molecule has 4 nitrogen and oxygen atoms in total. The topological polar surface area (TPSA) is 79.0 Å². The molecule has 4 N–H and O–H groups in total. The van der Waals surface area contributed by atoms with Crippen molar-refractivity contribution in [3.63, 3.8) is 0 Å². The predicted molar refractivity (Wildman–Crippen MR) is 57.2 cm³/mol. The van der Waals surface area contributed by atoms with Crippen LogP contribution in [0.15, 0.2) is 0 Å². The lowest BCUT2D eigenvalue weighted by Gasteiger charge is -1.80. The van der Waals surface area contributed by atoms with Gasteiger partial charge in [0.15, 0.2) is 5.98 Å². The Morgan fingerprint density at radius 2 is 1.67 bits per heavy atom. The van der Waals surface area contributed by atoms with E-state index in [1.165, 1.54) is 6.92 Å². The molecule has 0 fully saturated rings. The van der Waals surface area contributed by atoms with E-state index in [4.69, 9.17) is 39.1 Å². The van der Waals surface area contributed by atoms with Crippen molar-refractivity contribution in [1.82, 2.24) is 5.32 Å². The molecule has 0 saturated heterocycles. The summed E-state index contributed by atoms with van der Waals surface area (Å²) in [6, 6.07) is 0. The van der Waals surface area contributed by atoms with Crippen LogP contribution in [0.5, 0.6) is 0 Å². The molecule has 0 aliphatic heterocycles. The molecule has 0 saturated carbocycles. The van der Waals surface area contributed by atoms with Crippen molar-refractivity contribution in [2.24, 2.45) is 5.73 Å². The van der Waals surface area contributed by atoms with Crippen LogP contribution in [-0.2, 0) is 4.79 Å². The minimum Gasteiger partial charge on any atom is -0.390 e. The second-order valence-corrected chi connectivity index (χ2v) is 6.15. The number of rotatable bonds is 0. The average molecular weight is 254 g/mol. The average Bonchev–Trinajstić information content (AvgIpc) is 1.88. The van der Waals surface area contributed by atoms with Crippen molar-refractivity contribution in [3.05, 3.63) is 0 Å². The molecule has 0 unspecified atom stereocenters. The SMILES string of the molecule is CNC(C)=O.ClP(Cl)Cl.N=CN. The quantitative estimate of drug-likeness (QED) is 0.352. The van der Waals surface area contributed by atoms with Crippen molar-refractivity contribution in [1.29, 1.82) is 5.41 Å². The minimum absolute atomic E-state index is 0.00463. The third kappa shape index (κ3) is 174. The lowest BCUT2D eigenvalue weighted by Crippen LogP contribution is -2.11. The molecule has 0 aromatic carbocycles. The molecular formula is C4H11Cl3N3OP. The maximum absolute atomic E-state index is 9.70. The van der Waals surface area contributed by atoms with E-state index in [9.17, 15) is 4.79 Å². The minimum atomic E-state index is -1.20. The van der Waals surface area contributed by atoms with Gasteiger partial charge in [-0.05, 0) is 0 Å². The van der Waals surface area contributed by atoms with Gasteiger partial charge in [0.05, 0.1) is 6.34 Å². The Kier molecular flexibility index (Phi) is 26.2. The predicted octanol–water partition coefficient (Wildman–Crippen LogP) is 2.23. The van der Waals surface area contributed by atoms with E-state index in [2.05, 4.69) is 11.1 Å². The molecule has 0 aromatic rings. The highest BCUT2D eigenvalue weighted by atomic mass is 36.0. The Balaban J connectivity index is -0.000000105. The molecule has 0 atom stereocenters. The van der Waals surface area contributed by atoms with Crippen LogP contribution >= 0.6 is 39.7 Å². The fourth-order valence-electron chi connectivity index (χ4n) is 0. The van der Waals surface area contributed by atoms with Gasteiger partial charge < -0.3 is 11.1 Å². The highest BCUT2D eigenvalue weighted by Crippen LogP contribution is 2.51. The Morgan fingerprint density at radius 1 is 1.58 bits per heavy atom. The van der Waals surface area contributed by atoms with Gasteiger partial charge in [0.2, 0.25) is 5.91 Å². The molecule has 0 aliphatic rings. The maximum Gasteiger partial charge on any atom is 0.216 e. The van der Waals surface area contributed by atoms with Gasteiger partial charge in [-0.15, -0.1) is 0 Å². The number of carbonyl (C=O) groups is 1. The van der Waals surface area contributed by atoms with Crippen LogP contribution in [0.25, 0.3) is 0 Å². The van der Waals surface area contributed by atoms with Gasteiger partial charge in [0.1, 0.15) is 0 Å². The Hall–Kier alpha value is 0.240. The first-order valence-corrected chi connectivity index (χ1v) is 6.64. The number of halogens is 3. The summed E-state index contributed by atoms with van der Waals surface area (Å²) in [5.41, 5.74) is 4.39. The maximum atomic E-state index is 9.70. The first-order chi connectivity index (χ1) is 5.42. The molecule has 0 heterocycles. The molecule has 0 aliphatic carbocycles. The van der Waals surface area contributed by atoms with E-state index in [-0.39, 0.29) is 5.91 Å². The number of hydrogen-bond acceptors (Lipinski definition) is 2. The first kappa shape index (κ1) is 18.1. The van der Waals surface area contributed by atoms with Crippen molar-refractivity contribution in [2.45, 2.75) is 6.92 Å². The van der Waals surface area contributed by atoms with Crippen molar-refractivity contribution in [3.8, 4) is 0 Å². The fraction of sp³-hybridized carbons (Fsp3) is 0.500. The van der Waals surface area contributed by atoms with Gasteiger partial charge in [-0.1, -0.05) is 33.7 Å². The van der Waals surface area contributed by atoms with Crippen LogP contribution in [0.4, 0.5) is 0 Å². The highest BCUT2D eigenvalue weighted by Gasteiger charge is 1.80. The summed E-state index contributed by atoms with van der Waals surface area (Å²) in [5, 5.41) is 8.25. The lowest BCUT2D eigenvalue weighted by molar-refractivity contribution is -0.118. The van der Waals surface area contributed by atoms with E-state index < -0.39 is 5.98 Å². The van der Waals surface area contributed by atoms with Gasteiger partial charge in [0, 0.05) is 14.0 Å². The Bertz CT molecular complexity index is 111. The number of amides is 1. The first-order valence-electron chi connectivity index (χ1n) is 2.58. The molecule has 0 radical (unpaired) electrons. The number of hydrogen-bond donors (Lipinski definition) is 3. The van der Waals surface area contributed by atoms with Gasteiger partial charge in [0.25, 0.3) is 0 Å². The molecule has 0 spiro atoms. The van der Waals surface area contributed by atoms with Crippen LogP contribution in [0.2, 0.25) is 0 Å². The Labute approximate surface area is 87.4 Å². The van der Waals surface area contributed by atoms with E-state index in [0.29, 0.717) is 0 Å². The van der Waals surface area contributed by atoms with Crippen molar-refractivity contribution >= 4 is 51.9 Å². The molecular weight excluding hydrogens is 243 g/mol. The summed E-state index contributed by atoms with van der Waals surface area (Å²) in [7, 11) is 1.60. The van der Waals surface area contributed by atoms with Crippen LogP contribution in [0, 0.1) is 5.41 Å². The zero-order valence-corrected chi connectivity index (χ0v) is 9.81. The van der Waals surface area contributed by atoms with Crippen LogP contribution in [0.1, 0.15) is 6.92 Å². The molecule has 8 heteroatoms. The van der Waals surface area contributed by atoms with Gasteiger partial charge in [-0.25, -0.2) is 0 Å². The monoisotopic (exact) mass is 253 g/mol. The molecule has 0 bridgehead atoms. The van der Waals surface area contributed by atoms with E-state index in [0.717, 1.165) is 6.34 Å². The summed E-state index contributed by atoms with van der Waals surface area (Å²) < 4.78 is 0. The third-order valence-electron chi connectivity index (χ3n) is 0.352. The number of carbonyl (C=O) groups excluding carboxylic acids is 1. The van der Waals surface area contributed by atoms with Gasteiger partial charge >= 0.3 is 0 Å². The number of nitrogens with one attached hydrogen (secondary N) is 2. The summed E-state index contributed by atoms with van der Waals surface area (Å²) >= 11 is 14.6. The molecule has 74 valence electrons. The van der Waals surface area contributed by atoms with Crippen LogP contribution in [0.3, 0.4) is 0 Å². The normalized spacial score (nSPS) is 6.83. The second kappa shape index (κ2) is 17.4. The smallest absolute Gasteiger partial charge is 0.216 e. The zero-order valence-electron chi connectivity index (χ0n) is 6.64. The summed E-state index contributed by atoms with van der Waals surface area (Å²) in [5.74, 6) is -1.20. The zero-order chi connectivity index (χ0) is 10.6. The molecule has 12 heavy (non-hydrogen) atoms. The van der Waals surface area contributed by atoms with Crippen molar-refractivity contribution < 1.29 is 4.79 Å². The Morgan fingerprint density at radius 3 is 1.67 bits per heavy atom. The second-order valence-electron chi connectivity index (χ2n) is 1.16. The molecule has 0 aromatic heterocycles.